The number of amides is 2. The van der Waals surface area contributed by atoms with Crippen molar-refractivity contribution in [1.29, 1.82) is 0 Å². The summed E-state index contributed by atoms with van der Waals surface area (Å²) in [5.41, 5.74) is 0.672. The van der Waals surface area contributed by atoms with Gasteiger partial charge >= 0.3 is 0 Å². The van der Waals surface area contributed by atoms with Gasteiger partial charge in [0.15, 0.2) is 0 Å². The number of likely N-dealkylation sites (N-methyl/N-ethyl adjacent to an activating group) is 1. The lowest BCUT2D eigenvalue weighted by Crippen LogP contribution is -2.53. The minimum atomic E-state index is -0.291. The largest absolute Gasteiger partial charge is 0.338 e. The minimum absolute atomic E-state index is 0.0207. The molecule has 130 valence electrons. The Hall–Kier alpha value is -1.53. The van der Waals surface area contributed by atoms with Crippen LogP contribution in [0.1, 0.15) is 23.2 Å². The molecule has 1 unspecified atom stereocenters. The molecule has 6 heteroatoms. The normalized spacial score (nSPS) is 22.0. The number of likely N-dealkylation sites (tertiary alicyclic amines) is 1. The summed E-state index contributed by atoms with van der Waals surface area (Å²) < 4.78 is 0. The number of thioether (sulfide) groups is 1. The van der Waals surface area contributed by atoms with E-state index in [9.17, 15) is 9.59 Å². The van der Waals surface area contributed by atoms with Crippen molar-refractivity contribution in [2.75, 3.05) is 46.0 Å². The molecule has 2 aliphatic heterocycles. The zero-order valence-electron chi connectivity index (χ0n) is 14.4. The van der Waals surface area contributed by atoms with E-state index in [4.69, 9.17) is 0 Å². The molecule has 0 aliphatic carbocycles. The van der Waals surface area contributed by atoms with Gasteiger partial charge in [0.1, 0.15) is 6.04 Å². The van der Waals surface area contributed by atoms with Crippen LogP contribution in [0, 0.1) is 0 Å². The minimum Gasteiger partial charge on any atom is -0.338 e. The first-order valence-electron chi connectivity index (χ1n) is 8.52. The zero-order chi connectivity index (χ0) is 17.1. The van der Waals surface area contributed by atoms with Crippen molar-refractivity contribution in [3.8, 4) is 0 Å². The van der Waals surface area contributed by atoms with Gasteiger partial charge in [-0.15, -0.1) is 11.8 Å². The summed E-state index contributed by atoms with van der Waals surface area (Å²) in [4.78, 5) is 32.8. The van der Waals surface area contributed by atoms with Crippen LogP contribution in [0.15, 0.2) is 29.2 Å². The predicted octanol–water partition coefficient (Wildman–Crippen LogP) is 1.79. The Labute approximate surface area is 148 Å². The third-order valence-electron chi connectivity index (χ3n) is 4.95. The number of rotatable bonds is 3. The van der Waals surface area contributed by atoms with E-state index in [2.05, 4.69) is 11.9 Å². The summed E-state index contributed by atoms with van der Waals surface area (Å²) >= 11 is 1.66. The van der Waals surface area contributed by atoms with Crippen molar-refractivity contribution in [2.24, 2.45) is 0 Å². The van der Waals surface area contributed by atoms with Crippen LogP contribution in [-0.2, 0) is 4.79 Å². The average molecular weight is 347 g/mol. The van der Waals surface area contributed by atoms with E-state index in [-0.39, 0.29) is 17.9 Å². The van der Waals surface area contributed by atoms with E-state index in [0.29, 0.717) is 12.1 Å². The van der Waals surface area contributed by atoms with Crippen LogP contribution in [0.4, 0.5) is 0 Å². The van der Waals surface area contributed by atoms with Crippen LogP contribution < -0.4 is 0 Å². The molecule has 0 spiro atoms. The molecule has 1 atom stereocenters. The van der Waals surface area contributed by atoms with E-state index >= 15 is 0 Å². The molecule has 3 rings (SSSR count). The fourth-order valence-corrected chi connectivity index (χ4v) is 3.81. The molecule has 5 nitrogen and oxygen atoms in total. The highest BCUT2D eigenvalue weighted by molar-refractivity contribution is 7.98. The molecule has 2 amide bonds. The number of hydrogen-bond donors (Lipinski definition) is 0. The van der Waals surface area contributed by atoms with Gasteiger partial charge in [0.05, 0.1) is 0 Å². The van der Waals surface area contributed by atoms with Gasteiger partial charge in [0, 0.05) is 43.2 Å². The molecule has 0 N–H and O–H groups in total. The van der Waals surface area contributed by atoms with Crippen molar-refractivity contribution in [3.63, 3.8) is 0 Å². The average Bonchev–Trinajstić information content (AvgIpc) is 3.11. The maximum absolute atomic E-state index is 12.9. The van der Waals surface area contributed by atoms with E-state index in [1.807, 2.05) is 35.4 Å². The molecule has 2 aliphatic rings. The van der Waals surface area contributed by atoms with Crippen LogP contribution in [0.2, 0.25) is 0 Å². The molecule has 1 aromatic carbocycles. The molecule has 2 heterocycles. The molecule has 2 saturated heterocycles. The lowest BCUT2D eigenvalue weighted by atomic mass is 10.1. The highest BCUT2D eigenvalue weighted by Crippen LogP contribution is 2.23. The quantitative estimate of drug-likeness (QED) is 0.782. The Kier molecular flexibility index (Phi) is 5.46. The Bertz CT molecular complexity index is 597. The van der Waals surface area contributed by atoms with Crippen LogP contribution in [0.25, 0.3) is 0 Å². The van der Waals surface area contributed by atoms with E-state index < -0.39 is 0 Å². The second-order valence-corrected chi connectivity index (χ2v) is 7.39. The topological polar surface area (TPSA) is 43.9 Å². The predicted molar refractivity (Wildman–Crippen MR) is 96.4 cm³/mol. The number of nitrogens with zero attached hydrogens (tertiary/aromatic N) is 3. The molecule has 0 bridgehead atoms. The van der Waals surface area contributed by atoms with Crippen molar-refractivity contribution < 1.29 is 9.59 Å². The first-order chi connectivity index (χ1) is 11.6. The van der Waals surface area contributed by atoms with Gasteiger partial charge in [-0.05, 0) is 50.4 Å². The van der Waals surface area contributed by atoms with Crippen molar-refractivity contribution in [2.45, 2.75) is 23.8 Å². The maximum atomic E-state index is 12.9. The fraction of sp³-hybridized carbons (Fsp3) is 0.556. The van der Waals surface area contributed by atoms with Crippen LogP contribution >= 0.6 is 11.8 Å². The fourth-order valence-electron chi connectivity index (χ4n) is 3.40. The second-order valence-electron chi connectivity index (χ2n) is 6.51. The number of benzene rings is 1. The third kappa shape index (κ3) is 3.59. The third-order valence-corrected chi connectivity index (χ3v) is 5.69. The molecule has 0 radical (unpaired) electrons. The van der Waals surface area contributed by atoms with Crippen molar-refractivity contribution in [3.05, 3.63) is 29.8 Å². The number of piperazine rings is 1. The van der Waals surface area contributed by atoms with Crippen LogP contribution in [0.5, 0.6) is 0 Å². The van der Waals surface area contributed by atoms with Crippen LogP contribution in [-0.4, -0.2) is 78.6 Å². The lowest BCUT2D eigenvalue weighted by Gasteiger charge is -2.35. The van der Waals surface area contributed by atoms with Gasteiger partial charge < -0.3 is 14.7 Å². The summed E-state index contributed by atoms with van der Waals surface area (Å²) in [6.45, 7) is 4.00. The number of hydrogen-bond acceptors (Lipinski definition) is 4. The van der Waals surface area contributed by atoms with Crippen molar-refractivity contribution in [1.82, 2.24) is 14.7 Å². The first kappa shape index (κ1) is 17.3. The number of carbonyl (C=O) groups excluding carboxylic acids is 2. The first-order valence-corrected chi connectivity index (χ1v) is 9.75. The van der Waals surface area contributed by atoms with Crippen molar-refractivity contribution >= 4 is 23.6 Å². The van der Waals surface area contributed by atoms with Gasteiger partial charge in [-0.3, -0.25) is 9.59 Å². The van der Waals surface area contributed by atoms with E-state index in [1.165, 1.54) is 0 Å². The molecular formula is C18H25N3O2S. The number of carbonyl (C=O) groups is 2. The Morgan fingerprint density at radius 3 is 2.33 bits per heavy atom. The Balaban J connectivity index is 1.70. The Morgan fingerprint density at radius 2 is 1.71 bits per heavy atom. The summed E-state index contributed by atoms with van der Waals surface area (Å²) in [7, 11) is 2.07. The van der Waals surface area contributed by atoms with E-state index in [0.717, 1.165) is 43.9 Å². The molecule has 2 fully saturated rings. The summed E-state index contributed by atoms with van der Waals surface area (Å²) in [5.74, 6) is 0.0994. The van der Waals surface area contributed by atoms with E-state index in [1.54, 1.807) is 16.7 Å². The smallest absolute Gasteiger partial charge is 0.254 e. The summed E-state index contributed by atoms with van der Waals surface area (Å²) in [6.07, 6.45) is 3.70. The highest BCUT2D eigenvalue weighted by Gasteiger charge is 2.37. The highest BCUT2D eigenvalue weighted by atomic mass is 32.2. The monoisotopic (exact) mass is 347 g/mol. The molecule has 0 aromatic heterocycles. The standard InChI is InChI=1S/C18H25N3O2S/c1-19-10-12-20(13-11-19)18(23)16-4-3-9-21(16)17(22)14-5-7-15(24-2)8-6-14/h5-8,16H,3-4,9-13H2,1-2H3. The summed E-state index contributed by atoms with van der Waals surface area (Å²) in [6, 6.07) is 7.37. The molecule has 0 saturated carbocycles. The maximum Gasteiger partial charge on any atom is 0.254 e. The second kappa shape index (κ2) is 7.57. The summed E-state index contributed by atoms with van der Waals surface area (Å²) in [5, 5.41) is 0. The Morgan fingerprint density at radius 1 is 1.04 bits per heavy atom. The molecular weight excluding hydrogens is 322 g/mol. The lowest BCUT2D eigenvalue weighted by molar-refractivity contribution is -0.136. The van der Waals surface area contributed by atoms with Gasteiger partial charge in [0.2, 0.25) is 5.91 Å². The van der Waals surface area contributed by atoms with Gasteiger partial charge in [0.25, 0.3) is 5.91 Å². The zero-order valence-corrected chi connectivity index (χ0v) is 15.2. The SMILES string of the molecule is CSc1ccc(C(=O)N2CCCC2C(=O)N2CCN(C)CC2)cc1. The van der Waals surface area contributed by atoms with Crippen LogP contribution in [0.3, 0.4) is 0 Å². The van der Waals surface area contributed by atoms with Gasteiger partial charge in [-0.2, -0.15) is 0 Å². The molecule has 1 aromatic rings. The molecule has 24 heavy (non-hydrogen) atoms. The van der Waals surface area contributed by atoms with Gasteiger partial charge in [-0.1, -0.05) is 0 Å². The van der Waals surface area contributed by atoms with Gasteiger partial charge in [-0.25, -0.2) is 0 Å².